The molecule has 3 heterocycles. The molecule has 27 heavy (non-hydrogen) atoms. The normalized spacial score (nSPS) is 18.8. The summed E-state index contributed by atoms with van der Waals surface area (Å²) in [6.45, 7) is 2.26. The van der Waals surface area contributed by atoms with Gasteiger partial charge in [-0.3, -0.25) is 4.79 Å². The van der Waals surface area contributed by atoms with Crippen LogP contribution in [0.15, 0.2) is 51.7 Å². The lowest BCUT2D eigenvalue weighted by molar-refractivity contribution is -0.133. The fourth-order valence-electron chi connectivity index (χ4n) is 3.61. The smallest absolute Gasteiger partial charge is 0.227 e. The van der Waals surface area contributed by atoms with Gasteiger partial charge in [-0.25, -0.2) is 8.42 Å². The molecule has 1 fully saturated rings. The Morgan fingerprint density at radius 1 is 1.26 bits per heavy atom. The third-order valence-corrected chi connectivity index (χ3v) is 6.78. The molecule has 4 rings (SSSR count). The number of hydrogen-bond acceptors (Lipinski definition) is 5. The van der Waals surface area contributed by atoms with Crippen molar-refractivity contribution >= 4 is 26.7 Å². The van der Waals surface area contributed by atoms with Crippen molar-refractivity contribution in [3.63, 3.8) is 0 Å². The Balaban J connectivity index is 1.60. The van der Waals surface area contributed by atoms with Gasteiger partial charge in [0.25, 0.3) is 0 Å². The Hall–Kier alpha value is -2.54. The fraction of sp³-hybridized carbons (Fsp3) is 0.350. The molecule has 1 amide bonds. The van der Waals surface area contributed by atoms with Crippen LogP contribution >= 0.6 is 0 Å². The molecule has 0 N–H and O–H groups in total. The second-order valence-corrected chi connectivity index (χ2v) is 9.32. The van der Waals surface area contributed by atoms with Crippen molar-refractivity contribution in [2.45, 2.75) is 32.4 Å². The van der Waals surface area contributed by atoms with Gasteiger partial charge in [0.1, 0.15) is 11.3 Å². The number of hydrogen-bond donors (Lipinski definition) is 0. The number of sulfone groups is 1. The minimum atomic E-state index is -3.10. The standard InChI is InChI=1S/C20H21NO5S/c1-14-4-5-19-18(9-14)15(12-26-19)10-20(22)21(11-17-3-2-7-25-17)16-6-8-27(23,24)13-16/h2-5,7,9,12,16H,6,8,10-11,13H2,1H3/t16-/m1/s1. The van der Waals surface area contributed by atoms with Gasteiger partial charge in [0.2, 0.25) is 5.91 Å². The minimum Gasteiger partial charge on any atom is -0.467 e. The van der Waals surface area contributed by atoms with Crippen LogP contribution in [0, 0.1) is 6.92 Å². The average Bonchev–Trinajstić information content (AvgIpc) is 3.34. The highest BCUT2D eigenvalue weighted by molar-refractivity contribution is 7.91. The number of nitrogens with zero attached hydrogens (tertiary/aromatic N) is 1. The maximum absolute atomic E-state index is 13.1. The molecule has 3 aromatic rings. The van der Waals surface area contributed by atoms with Gasteiger partial charge in [-0.05, 0) is 37.6 Å². The van der Waals surface area contributed by atoms with Crippen LogP contribution in [0.25, 0.3) is 11.0 Å². The molecule has 0 unspecified atom stereocenters. The first kappa shape index (κ1) is 17.9. The molecule has 6 nitrogen and oxygen atoms in total. The lowest BCUT2D eigenvalue weighted by Crippen LogP contribution is -2.41. The van der Waals surface area contributed by atoms with Crippen LogP contribution in [0.3, 0.4) is 0 Å². The highest BCUT2D eigenvalue weighted by Gasteiger charge is 2.35. The van der Waals surface area contributed by atoms with E-state index in [2.05, 4.69) is 0 Å². The monoisotopic (exact) mass is 387 g/mol. The summed E-state index contributed by atoms with van der Waals surface area (Å²) in [4.78, 5) is 14.7. The Morgan fingerprint density at radius 2 is 2.11 bits per heavy atom. The molecule has 1 saturated heterocycles. The third kappa shape index (κ3) is 3.78. The van der Waals surface area contributed by atoms with Crippen molar-refractivity contribution in [2.75, 3.05) is 11.5 Å². The summed E-state index contributed by atoms with van der Waals surface area (Å²) in [6, 6.07) is 9.08. The maximum Gasteiger partial charge on any atom is 0.227 e. The highest BCUT2D eigenvalue weighted by Crippen LogP contribution is 2.26. The molecule has 1 aromatic carbocycles. The largest absolute Gasteiger partial charge is 0.467 e. The van der Waals surface area contributed by atoms with E-state index in [0.717, 1.165) is 22.1 Å². The summed E-state index contributed by atoms with van der Waals surface area (Å²) < 4.78 is 34.8. The van der Waals surface area contributed by atoms with Crippen LogP contribution < -0.4 is 0 Å². The van der Waals surface area contributed by atoms with Gasteiger partial charge >= 0.3 is 0 Å². The summed E-state index contributed by atoms with van der Waals surface area (Å²) in [5.41, 5.74) is 2.64. The molecule has 7 heteroatoms. The van der Waals surface area contributed by atoms with Crippen LogP contribution in [0.1, 0.15) is 23.3 Å². The van der Waals surface area contributed by atoms with Gasteiger partial charge in [-0.2, -0.15) is 0 Å². The number of aryl methyl sites for hydroxylation is 1. The zero-order valence-electron chi connectivity index (χ0n) is 15.1. The van der Waals surface area contributed by atoms with Gasteiger partial charge in [0.15, 0.2) is 9.84 Å². The van der Waals surface area contributed by atoms with E-state index < -0.39 is 9.84 Å². The predicted octanol–water partition coefficient (Wildman–Crippen LogP) is 3.09. The molecule has 1 aliphatic heterocycles. The molecule has 2 aromatic heterocycles. The summed E-state index contributed by atoms with van der Waals surface area (Å²) in [7, 11) is -3.10. The van der Waals surface area contributed by atoms with E-state index in [9.17, 15) is 13.2 Å². The Kier molecular flexibility index (Phi) is 4.55. The van der Waals surface area contributed by atoms with Crippen molar-refractivity contribution in [3.05, 3.63) is 59.7 Å². The number of furan rings is 2. The van der Waals surface area contributed by atoms with Crippen molar-refractivity contribution in [3.8, 4) is 0 Å². The van der Waals surface area contributed by atoms with Crippen LogP contribution in [-0.4, -0.2) is 36.8 Å². The maximum atomic E-state index is 13.1. The van der Waals surface area contributed by atoms with Crippen LogP contribution in [-0.2, 0) is 27.6 Å². The average molecular weight is 387 g/mol. The molecule has 142 valence electrons. The zero-order chi connectivity index (χ0) is 19.0. The molecule has 0 saturated carbocycles. The molecule has 0 radical (unpaired) electrons. The number of carbonyl (C=O) groups is 1. The number of carbonyl (C=O) groups excluding carboxylic acids is 1. The van der Waals surface area contributed by atoms with E-state index in [1.807, 2.05) is 25.1 Å². The molecule has 0 spiro atoms. The number of rotatable bonds is 5. The van der Waals surface area contributed by atoms with E-state index in [1.165, 1.54) is 0 Å². The summed E-state index contributed by atoms with van der Waals surface area (Å²) in [6.07, 6.45) is 3.78. The first-order chi connectivity index (χ1) is 12.9. The summed E-state index contributed by atoms with van der Waals surface area (Å²) in [5, 5.41) is 0.917. The third-order valence-electron chi connectivity index (χ3n) is 5.03. The van der Waals surface area contributed by atoms with E-state index in [1.54, 1.807) is 29.6 Å². The Labute approximate surface area is 157 Å². The van der Waals surface area contributed by atoms with Gasteiger partial charge in [0.05, 0.1) is 37.0 Å². The molecule has 0 bridgehead atoms. The molecule has 1 atom stereocenters. The molecular weight excluding hydrogens is 366 g/mol. The van der Waals surface area contributed by atoms with Crippen molar-refractivity contribution < 1.29 is 22.0 Å². The highest BCUT2D eigenvalue weighted by atomic mass is 32.2. The fourth-order valence-corrected chi connectivity index (χ4v) is 5.34. The second-order valence-electron chi connectivity index (χ2n) is 7.10. The second kappa shape index (κ2) is 6.88. The van der Waals surface area contributed by atoms with Crippen LogP contribution in [0.2, 0.25) is 0 Å². The van der Waals surface area contributed by atoms with Crippen molar-refractivity contribution in [1.29, 1.82) is 0 Å². The summed E-state index contributed by atoms with van der Waals surface area (Å²) in [5.74, 6) is 0.635. The van der Waals surface area contributed by atoms with Crippen molar-refractivity contribution in [1.82, 2.24) is 4.90 Å². The molecule has 0 aliphatic carbocycles. The van der Waals surface area contributed by atoms with E-state index in [4.69, 9.17) is 8.83 Å². The van der Waals surface area contributed by atoms with Crippen LogP contribution in [0.5, 0.6) is 0 Å². The first-order valence-corrected chi connectivity index (χ1v) is 10.7. The van der Waals surface area contributed by atoms with E-state index in [-0.39, 0.29) is 36.4 Å². The Morgan fingerprint density at radius 3 is 2.81 bits per heavy atom. The lowest BCUT2D eigenvalue weighted by atomic mass is 10.1. The number of benzene rings is 1. The Bertz CT molecular complexity index is 1070. The number of amides is 1. The minimum absolute atomic E-state index is 0.00465. The quantitative estimate of drug-likeness (QED) is 0.672. The zero-order valence-corrected chi connectivity index (χ0v) is 15.9. The number of fused-ring (bicyclic) bond motifs is 1. The van der Waals surface area contributed by atoms with Gasteiger partial charge in [0, 0.05) is 17.0 Å². The van der Waals surface area contributed by atoms with E-state index in [0.29, 0.717) is 12.2 Å². The first-order valence-electron chi connectivity index (χ1n) is 8.90. The van der Waals surface area contributed by atoms with Gasteiger partial charge in [-0.15, -0.1) is 0 Å². The SMILES string of the molecule is Cc1ccc2occ(CC(=O)N(Cc3ccco3)[C@@H]3CCS(=O)(=O)C3)c2c1. The van der Waals surface area contributed by atoms with Gasteiger partial charge < -0.3 is 13.7 Å². The van der Waals surface area contributed by atoms with E-state index >= 15 is 0 Å². The predicted molar refractivity (Wildman–Crippen MR) is 101 cm³/mol. The molecular formula is C20H21NO5S. The van der Waals surface area contributed by atoms with Crippen LogP contribution in [0.4, 0.5) is 0 Å². The molecule has 1 aliphatic rings. The van der Waals surface area contributed by atoms with Crippen molar-refractivity contribution in [2.24, 2.45) is 0 Å². The lowest BCUT2D eigenvalue weighted by Gasteiger charge is -2.27. The topological polar surface area (TPSA) is 80.7 Å². The van der Waals surface area contributed by atoms with Gasteiger partial charge in [-0.1, -0.05) is 11.6 Å². The summed E-state index contributed by atoms with van der Waals surface area (Å²) >= 11 is 0.